The summed E-state index contributed by atoms with van der Waals surface area (Å²) >= 11 is 0. The minimum Gasteiger partial charge on any atom is -0.399 e. The first-order valence-corrected chi connectivity index (χ1v) is 6.13. The lowest BCUT2D eigenvalue weighted by molar-refractivity contribution is 0.268. The second kappa shape index (κ2) is 5.30. The Kier molecular flexibility index (Phi) is 3.78. The van der Waals surface area contributed by atoms with Gasteiger partial charge in [0, 0.05) is 25.0 Å². The van der Waals surface area contributed by atoms with Crippen molar-refractivity contribution in [2.75, 3.05) is 19.3 Å². The number of aromatic nitrogens is 1. The van der Waals surface area contributed by atoms with Crippen LogP contribution < -0.4 is 5.73 Å². The summed E-state index contributed by atoms with van der Waals surface area (Å²) in [6.45, 7) is 2.10. The molecule has 1 fully saturated rings. The Balaban J connectivity index is 1.84. The maximum absolute atomic E-state index is 5.74. The predicted octanol–water partition coefficient (Wildman–Crippen LogP) is 2.29. The van der Waals surface area contributed by atoms with Crippen molar-refractivity contribution in [2.24, 2.45) is 5.92 Å². The van der Waals surface area contributed by atoms with Crippen molar-refractivity contribution in [3.63, 3.8) is 0 Å². The smallest absolute Gasteiger partial charge is 0.0564 e. The molecular formula is C13H21N3. The zero-order chi connectivity index (χ0) is 11.4. The molecule has 3 heteroatoms. The van der Waals surface area contributed by atoms with Gasteiger partial charge in [0.2, 0.25) is 0 Å². The average molecular weight is 219 g/mol. The van der Waals surface area contributed by atoms with E-state index in [0.29, 0.717) is 0 Å². The Morgan fingerprint density at radius 1 is 1.44 bits per heavy atom. The van der Waals surface area contributed by atoms with Crippen LogP contribution in [0.1, 0.15) is 31.4 Å². The van der Waals surface area contributed by atoms with Gasteiger partial charge in [-0.3, -0.25) is 4.98 Å². The van der Waals surface area contributed by atoms with Crippen LogP contribution in [0.25, 0.3) is 0 Å². The Bertz CT molecular complexity index is 332. The zero-order valence-electron chi connectivity index (χ0n) is 10.0. The molecule has 0 aliphatic heterocycles. The van der Waals surface area contributed by atoms with Crippen molar-refractivity contribution in [3.05, 3.63) is 24.0 Å². The molecule has 16 heavy (non-hydrogen) atoms. The highest BCUT2D eigenvalue weighted by Gasteiger charge is 2.16. The van der Waals surface area contributed by atoms with Crippen molar-refractivity contribution in [2.45, 2.75) is 32.2 Å². The molecule has 0 amide bonds. The van der Waals surface area contributed by atoms with Gasteiger partial charge in [-0.1, -0.05) is 12.8 Å². The lowest BCUT2D eigenvalue weighted by atomic mass is 10.1. The van der Waals surface area contributed by atoms with Gasteiger partial charge in [-0.15, -0.1) is 0 Å². The third kappa shape index (κ3) is 3.20. The highest BCUT2D eigenvalue weighted by molar-refractivity contribution is 5.37. The van der Waals surface area contributed by atoms with E-state index >= 15 is 0 Å². The maximum Gasteiger partial charge on any atom is 0.0564 e. The first-order valence-electron chi connectivity index (χ1n) is 6.13. The molecule has 0 unspecified atom stereocenters. The highest BCUT2D eigenvalue weighted by atomic mass is 15.1. The van der Waals surface area contributed by atoms with E-state index in [0.717, 1.165) is 23.8 Å². The quantitative estimate of drug-likeness (QED) is 0.844. The van der Waals surface area contributed by atoms with Gasteiger partial charge in [0.05, 0.1) is 5.69 Å². The molecule has 0 aromatic carbocycles. The van der Waals surface area contributed by atoms with Crippen molar-refractivity contribution in [1.29, 1.82) is 0 Å². The second-order valence-electron chi connectivity index (χ2n) is 4.93. The molecule has 3 nitrogen and oxygen atoms in total. The summed E-state index contributed by atoms with van der Waals surface area (Å²) in [4.78, 5) is 6.69. The number of hydrogen-bond donors (Lipinski definition) is 1. The first-order chi connectivity index (χ1) is 7.74. The second-order valence-corrected chi connectivity index (χ2v) is 4.93. The van der Waals surface area contributed by atoms with Gasteiger partial charge in [-0.05, 0) is 37.9 Å². The average Bonchev–Trinajstić information content (AvgIpc) is 2.70. The van der Waals surface area contributed by atoms with Gasteiger partial charge in [-0.2, -0.15) is 0 Å². The fourth-order valence-electron chi connectivity index (χ4n) is 2.56. The normalized spacial score (nSPS) is 17.1. The van der Waals surface area contributed by atoms with Gasteiger partial charge in [0.25, 0.3) is 0 Å². The third-order valence-electron chi connectivity index (χ3n) is 3.32. The fraction of sp³-hybridized carbons (Fsp3) is 0.615. The molecule has 1 aromatic rings. The molecule has 0 radical (unpaired) electrons. The van der Waals surface area contributed by atoms with Gasteiger partial charge in [-0.25, -0.2) is 0 Å². The van der Waals surface area contributed by atoms with E-state index in [2.05, 4.69) is 16.9 Å². The van der Waals surface area contributed by atoms with E-state index < -0.39 is 0 Å². The molecule has 1 aliphatic carbocycles. The highest BCUT2D eigenvalue weighted by Crippen LogP contribution is 2.25. The van der Waals surface area contributed by atoms with Crippen LogP contribution >= 0.6 is 0 Å². The van der Waals surface area contributed by atoms with Crippen molar-refractivity contribution in [1.82, 2.24) is 9.88 Å². The molecule has 0 bridgehead atoms. The molecule has 1 heterocycles. The first kappa shape index (κ1) is 11.4. The Morgan fingerprint density at radius 2 is 2.19 bits per heavy atom. The van der Waals surface area contributed by atoms with Gasteiger partial charge in [0.15, 0.2) is 0 Å². The summed E-state index contributed by atoms with van der Waals surface area (Å²) in [5.74, 6) is 0.894. The molecule has 0 spiro atoms. The molecule has 1 aliphatic rings. The monoisotopic (exact) mass is 219 g/mol. The van der Waals surface area contributed by atoms with Crippen LogP contribution in [0.2, 0.25) is 0 Å². The zero-order valence-corrected chi connectivity index (χ0v) is 10.0. The Hall–Kier alpha value is -1.09. The SMILES string of the molecule is CN(Cc1cc(N)ccn1)CC1CCCC1. The summed E-state index contributed by atoms with van der Waals surface area (Å²) in [5, 5.41) is 0. The van der Waals surface area contributed by atoms with E-state index in [1.54, 1.807) is 6.20 Å². The number of hydrogen-bond acceptors (Lipinski definition) is 3. The summed E-state index contributed by atoms with van der Waals surface area (Å²) in [7, 11) is 2.17. The molecule has 2 N–H and O–H groups in total. The van der Waals surface area contributed by atoms with Crippen molar-refractivity contribution in [3.8, 4) is 0 Å². The largest absolute Gasteiger partial charge is 0.399 e. The van der Waals surface area contributed by atoms with E-state index in [1.165, 1.54) is 32.2 Å². The summed E-state index contributed by atoms with van der Waals surface area (Å²) in [6, 6.07) is 3.80. The number of nitrogens with two attached hydrogens (primary N) is 1. The van der Waals surface area contributed by atoms with Crippen LogP contribution in [0.5, 0.6) is 0 Å². The van der Waals surface area contributed by atoms with Gasteiger partial charge >= 0.3 is 0 Å². The third-order valence-corrected chi connectivity index (χ3v) is 3.32. The summed E-state index contributed by atoms with van der Waals surface area (Å²) < 4.78 is 0. The molecule has 2 rings (SSSR count). The molecule has 0 saturated heterocycles. The standard InChI is InChI=1S/C13H21N3/c1-16(9-11-4-2-3-5-11)10-13-8-12(14)6-7-15-13/h6-8,11H,2-5,9-10H2,1H3,(H2,14,15). The van der Waals surface area contributed by atoms with E-state index in [9.17, 15) is 0 Å². The molecule has 1 saturated carbocycles. The number of anilines is 1. The van der Waals surface area contributed by atoms with E-state index in [1.807, 2.05) is 12.1 Å². The molecule has 88 valence electrons. The van der Waals surface area contributed by atoms with Gasteiger partial charge < -0.3 is 10.6 Å². The summed E-state index contributed by atoms with van der Waals surface area (Å²) in [6.07, 6.45) is 7.40. The Morgan fingerprint density at radius 3 is 2.88 bits per heavy atom. The van der Waals surface area contributed by atoms with Crippen LogP contribution in [0.3, 0.4) is 0 Å². The summed E-state index contributed by atoms with van der Waals surface area (Å²) in [5.41, 5.74) is 7.61. The maximum atomic E-state index is 5.74. The molecule has 1 aromatic heterocycles. The minimum atomic E-state index is 0.805. The number of nitrogens with zero attached hydrogens (tertiary/aromatic N) is 2. The lowest BCUT2D eigenvalue weighted by Gasteiger charge is -2.20. The number of pyridine rings is 1. The fourth-order valence-corrected chi connectivity index (χ4v) is 2.56. The van der Waals surface area contributed by atoms with E-state index in [4.69, 9.17) is 5.73 Å². The van der Waals surface area contributed by atoms with Crippen LogP contribution in [-0.4, -0.2) is 23.5 Å². The van der Waals surface area contributed by atoms with E-state index in [-0.39, 0.29) is 0 Å². The van der Waals surface area contributed by atoms with Crippen molar-refractivity contribution < 1.29 is 0 Å². The van der Waals surface area contributed by atoms with Crippen LogP contribution in [0, 0.1) is 5.92 Å². The van der Waals surface area contributed by atoms with Crippen LogP contribution in [0.4, 0.5) is 5.69 Å². The van der Waals surface area contributed by atoms with Gasteiger partial charge in [0.1, 0.15) is 0 Å². The molecular weight excluding hydrogens is 198 g/mol. The Labute approximate surface area is 97.7 Å². The predicted molar refractivity (Wildman–Crippen MR) is 66.9 cm³/mol. The van der Waals surface area contributed by atoms with Crippen LogP contribution in [0.15, 0.2) is 18.3 Å². The lowest BCUT2D eigenvalue weighted by Crippen LogP contribution is -2.24. The number of nitrogen functional groups attached to an aromatic ring is 1. The van der Waals surface area contributed by atoms with Crippen LogP contribution in [-0.2, 0) is 6.54 Å². The topological polar surface area (TPSA) is 42.1 Å². The number of rotatable bonds is 4. The van der Waals surface area contributed by atoms with Crippen molar-refractivity contribution >= 4 is 5.69 Å². The molecule has 0 atom stereocenters. The minimum absolute atomic E-state index is 0.805.